The van der Waals surface area contributed by atoms with E-state index in [2.05, 4.69) is 101 Å². The summed E-state index contributed by atoms with van der Waals surface area (Å²) in [6.07, 6.45) is 42.6. The van der Waals surface area contributed by atoms with Crippen LogP contribution in [0.4, 0.5) is 0 Å². The molecule has 420 valence electrons. The number of aliphatic hydroxyl groups is 1. The lowest BCUT2D eigenvalue weighted by Crippen LogP contribution is -2.51. The lowest BCUT2D eigenvalue weighted by molar-refractivity contribution is -0.151. The molecular formula is C66H106N4O5. The predicted octanol–water partition coefficient (Wildman–Crippen LogP) is 16.1. The number of esters is 1. The van der Waals surface area contributed by atoms with Gasteiger partial charge >= 0.3 is 11.9 Å². The molecule has 0 saturated heterocycles. The molecule has 0 spiro atoms. The van der Waals surface area contributed by atoms with Gasteiger partial charge in [0.1, 0.15) is 6.10 Å². The molecule has 4 N–H and O–H groups in total. The van der Waals surface area contributed by atoms with Crippen molar-refractivity contribution in [2.45, 2.75) is 248 Å². The van der Waals surface area contributed by atoms with Gasteiger partial charge in [-0.1, -0.05) is 131 Å². The van der Waals surface area contributed by atoms with Gasteiger partial charge in [0.05, 0.1) is 31.6 Å². The molecule has 16 unspecified atom stereocenters. The second-order valence-electron chi connectivity index (χ2n) is 28.4. The number of aryl methyl sites for hydroxylation is 2. The average Bonchev–Trinajstić information content (AvgIpc) is 4.22. The van der Waals surface area contributed by atoms with Gasteiger partial charge in [-0.2, -0.15) is 0 Å². The van der Waals surface area contributed by atoms with Gasteiger partial charge in [-0.05, 0) is 202 Å². The highest BCUT2D eigenvalue weighted by molar-refractivity contribution is 5.70. The summed E-state index contributed by atoms with van der Waals surface area (Å²) >= 11 is 0. The first-order valence-electron chi connectivity index (χ1n) is 31.2. The highest BCUT2D eigenvalue weighted by Gasteiger charge is 2.61. The van der Waals surface area contributed by atoms with Crippen molar-refractivity contribution in [1.82, 2.24) is 19.9 Å². The minimum absolute atomic E-state index is 0.0570. The summed E-state index contributed by atoms with van der Waals surface area (Å²) in [5.74, 6) is 9.80. The first-order chi connectivity index (χ1) is 35.7. The second-order valence-corrected chi connectivity index (χ2v) is 28.4. The molecule has 8 aliphatic carbocycles. The Balaban J connectivity index is 0.000000172. The number of aliphatic carboxylic acids is 1. The molecule has 75 heavy (non-hydrogen) atoms. The Hall–Kier alpha value is -3.20. The number of fused-ring (bicyclic) bond motifs is 10. The number of hydrogen-bond donors (Lipinski definition) is 4. The van der Waals surface area contributed by atoms with Crippen molar-refractivity contribution < 1.29 is 24.5 Å². The van der Waals surface area contributed by atoms with E-state index in [1.54, 1.807) is 29.9 Å². The van der Waals surface area contributed by atoms with Crippen molar-refractivity contribution in [3.8, 4) is 0 Å². The van der Waals surface area contributed by atoms with E-state index in [9.17, 15) is 14.7 Å². The number of rotatable bonds is 17. The topological polar surface area (TPSA) is 141 Å². The summed E-state index contributed by atoms with van der Waals surface area (Å²) in [4.78, 5) is 36.3. The molecule has 0 bridgehead atoms. The van der Waals surface area contributed by atoms with Crippen molar-refractivity contribution in [3.05, 3.63) is 59.7 Å². The van der Waals surface area contributed by atoms with Crippen LogP contribution in [0.15, 0.2) is 48.3 Å². The third-order valence-corrected chi connectivity index (χ3v) is 23.2. The number of carbonyl (C=O) groups is 2. The lowest BCUT2D eigenvalue weighted by Gasteiger charge is -2.58. The first kappa shape index (κ1) is 58.0. The van der Waals surface area contributed by atoms with Crippen LogP contribution in [-0.4, -0.2) is 54.3 Å². The van der Waals surface area contributed by atoms with Crippen LogP contribution in [0.25, 0.3) is 0 Å². The number of aromatic nitrogens is 4. The van der Waals surface area contributed by atoms with Crippen LogP contribution in [0.3, 0.4) is 0 Å². The maximum Gasteiger partial charge on any atom is 0.306 e. The van der Waals surface area contributed by atoms with Crippen molar-refractivity contribution in [2.75, 3.05) is 0 Å². The van der Waals surface area contributed by atoms with E-state index in [1.807, 2.05) is 0 Å². The van der Waals surface area contributed by atoms with Gasteiger partial charge in [0, 0.05) is 30.2 Å². The van der Waals surface area contributed by atoms with E-state index in [0.717, 1.165) is 108 Å². The fourth-order valence-corrected chi connectivity index (χ4v) is 19.0. The van der Waals surface area contributed by atoms with Gasteiger partial charge < -0.3 is 24.9 Å². The van der Waals surface area contributed by atoms with Crippen LogP contribution in [0.2, 0.25) is 0 Å². The molecule has 0 amide bonds. The Bertz CT molecular complexity index is 2200. The largest absolute Gasteiger partial charge is 0.481 e. The van der Waals surface area contributed by atoms with Crippen LogP contribution < -0.4 is 0 Å². The molecule has 2 heterocycles. The summed E-state index contributed by atoms with van der Waals surface area (Å²) in [6.45, 7) is 25.1. The zero-order chi connectivity index (χ0) is 53.7. The van der Waals surface area contributed by atoms with Gasteiger partial charge in [-0.3, -0.25) is 9.59 Å². The van der Waals surface area contributed by atoms with E-state index < -0.39 is 5.97 Å². The van der Waals surface area contributed by atoms with Crippen LogP contribution in [0.1, 0.15) is 235 Å². The summed E-state index contributed by atoms with van der Waals surface area (Å²) in [5, 5.41) is 18.5. The monoisotopic (exact) mass is 1030 g/mol. The molecule has 16 atom stereocenters. The van der Waals surface area contributed by atoms with Gasteiger partial charge in [0.15, 0.2) is 0 Å². The quantitative estimate of drug-likeness (QED) is 0.0913. The van der Waals surface area contributed by atoms with Crippen molar-refractivity contribution in [3.63, 3.8) is 0 Å². The number of aliphatic hydroxyl groups excluding tert-OH is 1. The molecule has 6 saturated carbocycles. The Morgan fingerprint density at radius 1 is 0.613 bits per heavy atom. The molecule has 10 rings (SSSR count). The van der Waals surface area contributed by atoms with Crippen LogP contribution in [0.5, 0.6) is 0 Å². The summed E-state index contributed by atoms with van der Waals surface area (Å²) in [6, 6.07) is 0. The number of hydrogen-bond acceptors (Lipinski definition) is 6. The zero-order valence-corrected chi connectivity index (χ0v) is 48.9. The van der Waals surface area contributed by atoms with Crippen molar-refractivity contribution in [2.24, 2.45) is 92.7 Å². The van der Waals surface area contributed by atoms with Crippen molar-refractivity contribution in [1.29, 1.82) is 0 Å². The Morgan fingerprint density at radius 2 is 1.09 bits per heavy atom. The number of aromatic amines is 2. The SMILES string of the molecule is CC(C)CCCC(C)C1CCC2C3CC=C4CC(O)CCC4(C)C3CCC12C.CC(C)CCCC(C)C1CCC2C3CC=C4CC(OC(=O)CCc5cnc[nH]5)CCC4(C)C3CCC12C.O=C(O)CCc1cnc[nH]1. The summed E-state index contributed by atoms with van der Waals surface area (Å²) in [5.41, 5.74) is 6.92. The minimum atomic E-state index is -0.783. The van der Waals surface area contributed by atoms with Gasteiger partial charge in [0.2, 0.25) is 0 Å². The Labute approximate surface area is 455 Å². The normalized spacial score (nSPS) is 37.3. The van der Waals surface area contributed by atoms with E-state index in [0.29, 0.717) is 40.9 Å². The van der Waals surface area contributed by atoms with Crippen LogP contribution in [-0.2, 0) is 27.2 Å². The number of carbonyl (C=O) groups excluding carboxylic acids is 1. The third kappa shape index (κ3) is 13.0. The van der Waals surface area contributed by atoms with Gasteiger partial charge in [0.25, 0.3) is 0 Å². The average molecular weight is 1040 g/mol. The third-order valence-electron chi connectivity index (χ3n) is 23.2. The fourth-order valence-electron chi connectivity index (χ4n) is 19.0. The molecule has 2 aromatic heterocycles. The molecule has 0 aromatic carbocycles. The number of nitrogens with zero attached hydrogens (tertiary/aromatic N) is 2. The molecule has 9 nitrogen and oxygen atoms in total. The molecule has 0 radical (unpaired) electrons. The number of H-pyrrole nitrogens is 2. The maximum absolute atomic E-state index is 12.5. The molecule has 8 aliphatic rings. The summed E-state index contributed by atoms with van der Waals surface area (Å²) < 4.78 is 5.98. The maximum atomic E-state index is 12.5. The number of ether oxygens (including phenoxy) is 1. The number of carboxylic acid groups (broad SMARTS) is 1. The summed E-state index contributed by atoms with van der Waals surface area (Å²) in [7, 11) is 0. The number of imidazole rings is 2. The molecular weight excluding hydrogens is 929 g/mol. The highest BCUT2D eigenvalue weighted by Crippen LogP contribution is 2.69. The highest BCUT2D eigenvalue weighted by atomic mass is 16.5. The van der Waals surface area contributed by atoms with Crippen LogP contribution >= 0.6 is 0 Å². The van der Waals surface area contributed by atoms with Crippen molar-refractivity contribution >= 4 is 11.9 Å². The Morgan fingerprint density at radius 3 is 1.56 bits per heavy atom. The van der Waals surface area contributed by atoms with Gasteiger partial charge in [-0.25, -0.2) is 9.97 Å². The second kappa shape index (κ2) is 24.9. The molecule has 0 aliphatic heterocycles. The van der Waals surface area contributed by atoms with Crippen LogP contribution in [0, 0.1) is 92.7 Å². The van der Waals surface area contributed by atoms with E-state index >= 15 is 0 Å². The zero-order valence-electron chi connectivity index (χ0n) is 48.9. The van der Waals surface area contributed by atoms with Gasteiger partial charge in [-0.15, -0.1) is 0 Å². The number of allylic oxidation sites excluding steroid dienone is 2. The molecule has 6 fully saturated rings. The standard InChI is InChI=1S/C33H52N2O2.C27H46O.C6H8N2O2/c1-22(2)7-6-8-23(3)28-12-13-29-27-11-9-24-19-26(37-31(36)14-10-25-20-34-21-35-25)15-17-32(24,4)30(27)16-18-33(28,29)5;1-18(2)7-6-8-19(3)23-11-12-24-22-10-9-20-17-21(28)13-15-26(20,4)25(22)14-16-27(23,24)5;9-6(10)2-1-5-3-7-4-8-5/h9,20-23,26-30H,6-8,10-19H2,1-5H3,(H,34,35);9,18-19,21-25,28H,6-8,10-17H2,1-5H3;3-4H,1-2H2,(H,7,8)(H,9,10). The first-order valence-corrected chi connectivity index (χ1v) is 31.2. The number of carboxylic acids is 1. The fraction of sp³-hybridized carbons (Fsp3) is 0.818. The van der Waals surface area contributed by atoms with E-state index in [4.69, 9.17) is 9.84 Å². The molecule has 9 heteroatoms. The predicted molar refractivity (Wildman–Crippen MR) is 303 cm³/mol. The lowest BCUT2D eigenvalue weighted by atomic mass is 9.47. The smallest absolute Gasteiger partial charge is 0.306 e. The minimum Gasteiger partial charge on any atom is -0.481 e. The number of nitrogens with one attached hydrogen (secondary N) is 2. The van der Waals surface area contributed by atoms with E-state index in [1.165, 1.54) is 122 Å². The van der Waals surface area contributed by atoms with E-state index in [-0.39, 0.29) is 24.6 Å². The Kier molecular flexibility index (Phi) is 19.2. The molecule has 2 aromatic rings.